The van der Waals surface area contributed by atoms with Gasteiger partial charge in [0.1, 0.15) is 13.2 Å². The minimum absolute atomic E-state index is 0.123. The molecule has 0 rings (SSSR count). The summed E-state index contributed by atoms with van der Waals surface area (Å²) in [5.74, 6) is -0.247. The fraction of sp³-hybridized carbons (Fsp3) is 0.462. The molecule has 0 bridgehead atoms. The quantitative estimate of drug-likeness (QED) is 0.0447. The lowest BCUT2D eigenvalue weighted by Gasteiger charge is -2.09. The summed E-state index contributed by atoms with van der Waals surface area (Å²) < 4.78 is 10.8. The summed E-state index contributed by atoms with van der Waals surface area (Å²) in [5.41, 5.74) is 9.52. The summed E-state index contributed by atoms with van der Waals surface area (Å²) in [4.78, 5) is 27.9. The molecule has 0 saturated carbocycles. The Morgan fingerprint density at radius 2 is 0.724 bits per heavy atom. The van der Waals surface area contributed by atoms with Gasteiger partial charge >= 0.3 is 11.9 Å². The van der Waals surface area contributed by atoms with Crippen LogP contribution in [0.1, 0.15) is 107 Å². The van der Waals surface area contributed by atoms with E-state index < -0.39 is 0 Å². The van der Waals surface area contributed by atoms with E-state index in [1.54, 1.807) is 0 Å². The van der Waals surface area contributed by atoms with E-state index in [1.165, 1.54) is 33.4 Å². The monoisotopic (exact) mass is 795 g/mol. The standard InChI is InChI=1S/C52H78N2O4/c1-43(25-15-27-45(3)29-17-31-47(5)33-19-35-49(7)41-57-51(55)37-21-39-53(9)10)23-13-14-24-44(2)26-16-28-46(4)30-18-32-48(6)34-20-36-50(8)42-58-52(56)38-22-40-54(11)12/h13-18,23-32,35-36H,19-22,33-34,37-42H2,1-12H3/b14-13+,25-15+,26-16+,29-17+,30-18+,43-23+,44-24+,45-27+,46-28+,47-31+,48-32+,49-35+,50-36+. The Balaban J connectivity index is 4.63. The highest BCUT2D eigenvalue weighted by Crippen LogP contribution is 2.11. The van der Waals surface area contributed by atoms with Crippen molar-refractivity contribution in [1.29, 1.82) is 0 Å². The van der Waals surface area contributed by atoms with Gasteiger partial charge in [-0.25, -0.2) is 0 Å². The molecule has 0 aliphatic heterocycles. The minimum atomic E-state index is -0.123. The van der Waals surface area contributed by atoms with Crippen LogP contribution in [0.2, 0.25) is 0 Å². The first-order valence-corrected chi connectivity index (χ1v) is 20.9. The van der Waals surface area contributed by atoms with Crippen molar-refractivity contribution in [2.24, 2.45) is 0 Å². The van der Waals surface area contributed by atoms with Gasteiger partial charge in [0, 0.05) is 12.8 Å². The molecule has 320 valence electrons. The van der Waals surface area contributed by atoms with Crippen molar-refractivity contribution < 1.29 is 19.1 Å². The SMILES string of the molecule is CC(/C=C/C=C(C)/C=C/C=C(\C)CC/C=C(\C)COC(=O)CCCN(C)C)=C\C=C\C=C(C)\C=C\C=C(C)\C=C\C=C(/C)CC/C=C(\C)COC(=O)CCCN(C)C. The molecule has 0 unspecified atom stereocenters. The van der Waals surface area contributed by atoms with Crippen molar-refractivity contribution >= 4 is 11.9 Å². The predicted octanol–water partition coefficient (Wildman–Crippen LogP) is 12.7. The van der Waals surface area contributed by atoms with Gasteiger partial charge in [0.05, 0.1) is 0 Å². The lowest BCUT2D eigenvalue weighted by Crippen LogP contribution is -2.15. The van der Waals surface area contributed by atoms with Gasteiger partial charge in [-0.15, -0.1) is 0 Å². The zero-order chi connectivity index (χ0) is 43.6. The van der Waals surface area contributed by atoms with Crippen molar-refractivity contribution in [2.75, 3.05) is 54.5 Å². The Morgan fingerprint density at radius 1 is 0.414 bits per heavy atom. The molecule has 0 aromatic carbocycles. The van der Waals surface area contributed by atoms with Crippen LogP contribution < -0.4 is 0 Å². The third-order valence-corrected chi connectivity index (χ3v) is 8.70. The van der Waals surface area contributed by atoms with Gasteiger partial charge in [-0.3, -0.25) is 9.59 Å². The van der Waals surface area contributed by atoms with E-state index in [9.17, 15) is 9.59 Å². The summed E-state index contributed by atoms with van der Waals surface area (Å²) in [7, 11) is 8.03. The Hall–Kier alpha value is -4.52. The van der Waals surface area contributed by atoms with Crippen LogP contribution in [0.15, 0.2) is 154 Å². The number of allylic oxidation sites excluding steroid dienone is 24. The van der Waals surface area contributed by atoms with Crippen molar-refractivity contribution in [3.63, 3.8) is 0 Å². The average Bonchev–Trinajstić information content (AvgIpc) is 3.14. The lowest BCUT2D eigenvalue weighted by atomic mass is 10.1. The van der Waals surface area contributed by atoms with Crippen molar-refractivity contribution in [3.8, 4) is 0 Å². The topological polar surface area (TPSA) is 59.1 Å². The molecule has 0 radical (unpaired) electrons. The average molecular weight is 795 g/mol. The van der Waals surface area contributed by atoms with Crippen molar-refractivity contribution in [2.45, 2.75) is 107 Å². The summed E-state index contributed by atoms with van der Waals surface area (Å²) in [6, 6.07) is 0. The molecule has 0 amide bonds. The van der Waals surface area contributed by atoms with Crippen LogP contribution in [0.5, 0.6) is 0 Å². The van der Waals surface area contributed by atoms with E-state index >= 15 is 0 Å². The number of esters is 2. The molecule has 0 fully saturated rings. The number of hydrogen-bond acceptors (Lipinski definition) is 6. The molecule has 0 heterocycles. The first-order chi connectivity index (χ1) is 27.6. The fourth-order valence-corrected chi connectivity index (χ4v) is 5.06. The Labute approximate surface area is 354 Å². The van der Waals surface area contributed by atoms with Crippen LogP contribution in [0.4, 0.5) is 0 Å². The zero-order valence-corrected chi connectivity index (χ0v) is 38.4. The highest BCUT2D eigenvalue weighted by atomic mass is 16.5. The summed E-state index contributed by atoms with van der Waals surface area (Å²) in [5, 5.41) is 0. The lowest BCUT2D eigenvalue weighted by molar-refractivity contribution is -0.143. The molecule has 58 heavy (non-hydrogen) atoms. The number of ether oxygens (including phenoxy) is 2. The molecule has 0 N–H and O–H groups in total. The van der Waals surface area contributed by atoms with Crippen molar-refractivity contribution in [3.05, 3.63) is 154 Å². The largest absolute Gasteiger partial charge is 0.461 e. The number of rotatable bonds is 28. The third-order valence-electron chi connectivity index (χ3n) is 8.70. The molecule has 0 aliphatic rings. The van der Waals surface area contributed by atoms with E-state index in [0.717, 1.165) is 62.8 Å². The molecule has 0 aliphatic carbocycles. The number of hydrogen-bond donors (Lipinski definition) is 0. The Kier molecular flexibility index (Phi) is 31.8. The second-order valence-corrected chi connectivity index (χ2v) is 15.8. The van der Waals surface area contributed by atoms with Crippen LogP contribution in [0.3, 0.4) is 0 Å². The second-order valence-electron chi connectivity index (χ2n) is 15.8. The van der Waals surface area contributed by atoms with E-state index in [0.29, 0.717) is 26.1 Å². The van der Waals surface area contributed by atoms with Gasteiger partial charge in [-0.1, -0.05) is 143 Å². The summed E-state index contributed by atoms with van der Waals surface area (Å²) in [6.07, 6.45) is 44.4. The summed E-state index contributed by atoms with van der Waals surface area (Å²) >= 11 is 0. The molecule has 6 heteroatoms. The first-order valence-electron chi connectivity index (χ1n) is 20.9. The van der Waals surface area contributed by atoms with E-state index in [-0.39, 0.29) is 11.9 Å². The van der Waals surface area contributed by atoms with E-state index in [2.05, 4.69) is 161 Å². The number of carbonyl (C=O) groups is 2. The normalized spacial score (nSPS) is 14.9. The predicted molar refractivity (Wildman–Crippen MR) is 252 cm³/mol. The zero-order valence-electron chi connectivity index (χ0n) is 38.4. The molecule has 0 aromatic rings. The van der Waals surface area contributed by atoms with Gasteiger partial charge in [0.2, 0.25) is 0 Å². The maximum absolute atomic E-state index is 11.9. The minimum Gasteiger partial charge on any atom is -0.461 e. The van der Waals surface area contributed by atoms with Crippen LogP contribution in [0, 0.1) is 0 Å². The molecule has 0 atom stereocenters. The maximum atomic E-state index is 11.9. The molecule has 0 aromatic heterocycles. The Morgan fingerprint density at radius 3 is 1.05 bits per heavy atom. The van der Waals surface area contributed by atoms with Crippen molar-refractivity contribution in [1.82, 2.24) is 9.80 Å². The van der Waals surface area contributed by atoms with Gasteiger partial charge in [-0.05, 0) is 146 Å². The molecular weight excluding hydrogens is 717 g/mol. The van der Waals surface area contributed by atoms with E-state index in [1.807, 2.05) is 42.0 Å². The number of carbonyl (C=O) groups excluding carboxylic acids is 2. The van der Waals surface area contributed by atoms with Crippen LogP contribution >= 0.6 is 0 Å². The maximum Gasteiger partial charge on any atom is 0.306 e. The third kappa shape index (κ3) is 35.9. The second kappa shape index (κ2) is 34.5. The fourth-order valence-electron chi connectivity index (χ4n) is 5.06. The molecular formula is C52H78N2O4. The van der Waals surface area contributed by atoms with Crippen LogP contribution in [-0.2, 0) is 19.1 Å². The van der Waals surface area contributed by atoms with E-state index in [4.69, 9.17) is 9.47 Å². The van der Waals surface area contributed by atoms with Gasteiger partial charge in [-0.2, -0.15) is 0 Å². The highest BCUT2D eigenvalue weighted by Gasteiger charge is 2.05. The molecule has 0 saturated heterocycles. The summed E-state index contributed by atoms with van der Waals surface area (Å²) in [6.45, 7) is 19.3. The smallest absolute Gasteiger partial charge is 0.306 e. The first kappa shape index (κ1) is 53.5. The number of nitrogens with zero attached hydrogens (tertiary/aromatic N) is 2. The van der Waals surface area contributed by atoms with Crippen LogP contribution in [0.25, 0.3) is 0 Å². The van der Waals surface area contributed by atoms with Crippen LogP contribution in [-0.4, -0.2) is 76.2 Å². The van der Waals surface area contributed by atoms with Gasteiger partial charge in [0.25, 0.3) is 0 Å². The molecule has 6 nitrogen and oxygen atoms in total. The highest BCUT2D eigenvalue weighted by molar-refractivity contribution is 5.69. The molecule has 0 spiro atoms. The van der Waals surface area contributed by atoms with Gasteiger partial charge < -0.3 is 19.3 Å². The van der Waals surface area contributed by atoms with Gasteiger partial charge in [0.15, 0.2) is 0 Å². The Bertz CT molecular complexity index is 1510.